The number of benzene rings is 1. The number of aliphatic hydroxyl groups is 1. The average Bonchev–Trinajstić information content (AvgIpc) is 3.06. The molecule has 1 aromatic heterocycles. The molecule has 0 saturated heterocycles. The van der Waals surface area contributed by atoms with Crippen LogP contribution in [0.25, 0.3) is 0 Å². The molecule has 0 aliphatic rings. The van der Waals surface area contributed by atoms with Crippen LogP contribution in [-0.2, 0) is 6.54 Å². The van der Waals surface area contributed by atoms with Gasteiger partial charge in [0.1, 0.15) is 5.82 Å². The van der Waals surface area contributed by atoms with Crippen LogP contribution in [0.3, 0.4) is 0 Å². The van der Waals surface area contributed by atoms with Crippen molar-refractivity contribution in [2.45, 2.75) is 19.6 Å². The van der Waals surface area contributed by atoms with Crippen LogP contribution in [0.5, 0.6) is 0 Å². The zero-order valence-corrected chi connectivity index (χ0v) is 13.2. The van der Waals surface area contributed by atoms with E-state index in [0.29, 0.717) is 11.5 Å². The number of guanidine groups is 1. The molecule has 0 aliphatic heterocycles. The fourth-order valence-corrected chi connectivity index (χ4v) is 2.13. The van der Waals surface area contributed by atoms with Crippen molar-refractivity contribution in [2.75, 3.05) is 19.6 Å². The molecule has 1 unspecified atom stereocenters. The fraction of sp³-hybridized carbons (Fsp3) is 0.353. The fourth-order valence-electron chi connectivity index (χ4n) is 2.13. The van der Waals surface area contributed by atoms with Gasteiger partial charge in [-0.2, -0.15) is 0 Å². The van der Waals surface area contributed by atoms with Gasteiger partial charge in [-0.05, 0) is 36.8 Å². The molecule has 2 aromatic rings. The lowest BCUT2D eigenvalue weighted by molar-refractivity contribution is 0.187. The maximum atomic E-state index is 12.9. The van der Waals surface area contributed by atoms with Crippen LogP contribution >= 0.6 is 0 Å². The zero-order chi connectivity index (χ0) is 16.5. The van der Waals surface area contributed by atoms with Crippen molar-refractivity contribution < 1.29 is 9.50 Å². The van der Waals surface area contributed by atoms with Crippen LogP contribution in [0.1, 0.15) is 18.6 Å². The quantitative estimate of drug-likeness (QED) is 0.540. The van der Waals surface area contributed by atoms with Crippen molar-refractivity contribution in [1.29, 1.82) is 0 Å². The highest BCUT2D eigenvalue weighted by atomic mass is 19.1. The third-order valence-electron chi connectivity index (χ3n) is 3.35. The van der Waals surface area contributed by atoms with Crippen molar-refractivity contribution in [3.8, 4) is 0 Å². The van der Waals surface area contributed by atoms with E-state index in [9.17, 15) is 9.50 Å². The number of aliphatic hydroxyl groups excluding tert-OH is 1. The number of hydrogen-bond acceptors (Lipinski definition) is 2. The lowest BCUT2D eigenvalue weighted by atomic mass is 10.1. The number of aliphatic imine (C=N–C) groups is 1. The maximum absolute atomic E-state index is 12.9. The zero-order valence-electron chi connectivity index (χ0n) is 13.2. The van der Waals surface area contributed by atoms with E-state index in [1.165, 1.54) is 12.1 Å². The first-order chi connectivity index (χ1) is 11.2. The standard InChI is InChI=1S/C17H23FN4O/c1-2-19-17(20-9-12-22-10-3-4-11-22)21-13-16(23)14-5-7-15(18)8-6-14/h3-8,10-11,16,23H,2,9,12-13H2,1H3,(H2,19,20,21). The Morgan fingerprint density at radius 2 is 1.91 bits per heavy atom. The van der Waals surface area contributed by atoms with E-state index in [2.05, 4.69) is 20.2 Å². The number of aromatic nitrogens is 1. The number of hydrogen-bond donors (Lipinski definition) is 3. The Bertz CT molecular complexity index is 596. The molecule has 0 bridgehead atoms. The summed E-state index contributed by atoms with van der Waals surface area (Å²) in [5.74, 6) is 0.338. The third-order valence-corrected chi connectivity index (χ3v) is 3.35. The van der Waals surface area contributed by atoms with Crippen molar-refractivity contribution in [3.63, 3.8) is 0 Å². The van der Waals surface area contributed by atoms with Gasteiger partial charge in [0.05, 0.1) is 12.6 Å². The van der Waals surface area contributed by atoms with Gasteiger partial charge < -0.3 is 20.3 Å². The summed E-state index contributed by atoms with van der Waals surface area (Å²) in [4.78, 5) is 4.37. The van der Waals surface area contributed by atoms with Crippen LogP contribution < -0.4 is 10.6 Å². The second-order valence-corrected chi connectivity index (χ2v) is 5.13. The molecule has 1 atom stereocenters. The lowest BCUT2D eigenvalue weighted by Gasteiger charge is -2.13. The van der Waals surface area contributed by atoms with Gasteiger partial charge in [-0.15, -0.1) is 0 Å². The van der Waals surface area contributed by atoms with E-state index >= 15 is 0 Å². The minimum atomic E-state index is -0.754. The molecular weight excluding hydrogens is 295 g/mol. The monoisotopic (exact) mass is 318 g/mol. The van der Waals surface area contributed by atoms with Gasteiger partial charge in [-0.25, -0.2) is 4.39 Å². The molecule has 23 heavy (non-hydrogen) atoms. The molecule has 5 nitrogen and oxygen atoms in total. The number of nitrogens with zero attached hydrogens (tertiary/aromatic N) is 2. The third kappa shape index (κ3) is 5.75. The van der Waals surface area contributed by atoms with Gasteiger partial charge in [0.15, 0.2) is 5.96 Å². The SMILES string of the molecule is CCNC(=NCC(O)c1ccc(F)cc1)NCCn1cccc1. The van der Waals surface area contributed by atoms with E-state index in [0.717, 1.165) is 19.6 Å². The van der Waals surface area contributed by atoms with Gasteiger partial charge in [0.2, 0.25) is 0 Å². The number of halogens is 1. The van der Waals surface area contributed by atoms with Crippen molar-refractivity contribution in [3.05, 3.63) is 60.2 Å². The van der Waals surface area contributed by atoms with E-state index in [4.69, 9.17) is 0 Å². The first-order valence-corrected chi connectivity index (χ1v) is 7.75. The van der Waals surface area contributed by atoms with Gasteiger partial charge in [-0.3, -0.25) is 4.99 Å². The molecule has 3 N–H and O–H groups in total. The largest absolute Gasteiger partial charge is 0.386 e. The Labute approximate surface area is 135 Å². The summed E-state index contributed by atoms with van der Waals surface area (Å²) in [5, 5.41) is 16.5. The van der Waals surface area contributed by atoms with Gasteiger partial charge in [-0.1, -0.05) is 12.1 Å². The summed E-state index contributed by atoms with van der Waals surface area (Å²) in [7, 11) is 0. The first kappa shape index (κ1) is 17.0. The highest BCUT2D eigenvalue weighted by Crippen LogP contribution is 2.13. The van der Waals surface area contributed by atoms with Crippen LogP contribution in [0, 0.1) is 5.82 Å². The average molecular weight is 318 g/mol. The van der Waals surface area contributed by atoms with Crippen LogP contribution in [0.2, 0.25) is 0 Å². The van der Waals surface area contributed by atoms with Gasteiger partial charge in [0, 0.05) is 32.0 Å². The second kappa shape index (κ2) is 8.95. The summed E-state index contributed by atoms with van der Waals surface area (Å²) >= 11 is 0. The van der Waals surface area contributed by atoms with E-state index in [1.54, 1.807) is 12.1 Å². The highest BCUT2D eigenvalue weighted by Gasteiger charge is 2.07. The van der Waals surface area contributed by atoms with Crippen molar-refractivity contribution in [1.82, 2.24) is 15.2 Å². The molecule has 0 aliphatic carbocycles. The highest BCUT2D eigenvalue weighted by molar-refractivity contribution is 5.79. The van der Waals surface area contributed by atoms with Crippen LogP contribution in [0.15, 0.2) is 53.8 Å². The van der Waals surface area contributed by atoms with E-state index in [1.807, 2.05) is 31.5 Å². The molecule has 1 aromatic carbocycles. The summed E-state index contributed by atoms with van der Waals surface area (Å²) < 4.78 is 15.0. The molecule has 0 amide bonds. The molecule has 0 saturated carbocycles. The Balaban J connectivity index is 1.85. The Morgan fingerprint density at radius 1 is 1.22 bits per heavy atom. The normalized spacial score (nSPS) is 12.9. The van der Waals surface area contributed by atoms with Crippen LogP contribution in [0.4, 0.5) is 4.39 Å². The lowest BCUT2D eigenvalue weighted by Crippen LogP contribution is -2.39. The Kier molecular flexibility index (Phi) is 6.62. The summed E-state index contributed by atoms with van der Waals surface area (Å²) in [6, 6.07) is 9.78. The minimum Gasteiger partial charge on any atom is -0.386 e. The molecule has 124 valence electrons. The predicted molar refractivity (Wildman–Crippen MR) is 89.8 cm³/mol. The Hall–Kier alpha value is -2.34. The predicted octanol–water partition coefficient (Wildman–Crippen LogP) is 1.92. The van der Waals surface area contributed by atoms with Gasteiger partial charge in [0.25, 0.3) is 0 Å². The molecule has 1 heterocycles. The summed E-state index contributed by atoms with van der Waals surface area (Å²) in [5.41, 5.74) is 0.651. The number of rotatable bonds is 7. The van der Waals surface area contributed by atoms with E-state index in [-0.39, 0.29) is 12.4 Å². The summed E-state index contributed by atoms with van der Waals surface area (Å²) in [6.45, 7) is 4.50. The number of nitrogens with one attached hydrogen (secondary N) is 2. The Morgan fingerprint density at radius 3 is 2.57 bits per heavy atom. The molecular formula is C17H23FN4O. The van der Waals surface area contributed by atoms with Crippen molar-refractivity contribution in [2.24, 2.45) is 4.99 Å². The smallest absolute Gasteiger partial charge is 0.191 e. The first-order valence-electron chi connectivity index (χ1n) is 7.75. The molecule has 0 spiro atoms. The van der Waals surface area contributed by atoms with E-state index < -0.39 is 6.10 Å². The molecule has 0 fully saturated rings. The molecule has 0 radical (unpaired) electrons. The van der Waals surface area contributed by atoms with Gasteiger partial charge >= 0.3 is 0 Å². The van der Waals surface area contributed by atoms with Crippen molar-refractivity contribution >= 4 is 5.96 Å². The van der Waals surface area contributed by atoms with Crippen LogP contribution in [-0.4, -0.2) is 35.3 Å². The molecule has 6 heteroatoms. The minimum absolute atomic E-state index is 0.213. The molecule has 2 rings (SSSR count). The topological polar surface area (TPSA) is 61.6 Å². The summed E-state index contributed by atoms with van der Waals surface area (Å²) in [6.07, 6.45) is 3.25. The second-order valence-electron chi connectivity index (χ2n) is 5.13. The maximum Gasteiger partial charge on any atom is 0.191 e.